The molecule has 1 atom stereocenters. The molecule has 1 saturated carbocycles. The summed E-state index contributed by atoms with van der Waals surface area (Å²) in [4.78, 5) is 15.4. The van der Waals surface area contributed by atoms with Crippen molar-refractivity contribution in [2.45, 2.75) is 31.9 Å². The maximum atomic E-state index is 13.9. The van der Waals surface area contributed by atoms with Gasteiger partial charge < -0.3 is 20.9 Å². The zero-order valence-electron chi connectivity index (χ0n) is 15.2. The zero-order valence-corrected chi connectivity index (χ0v) is 15.2. The fraction of sp³-hybridized carbons (Fsp3) is 0.316. The summed E-state index contributed by atoms with van der Waals surface area (Å²) in [7, 11) is 0. The number of hydrogen-bond donors (Lipinski definition) is 3. The Hall–Kier alpha value is -3.36. The third kappa shape index (κ3) is 3.42. The van der Waals surface area contributed by atoms with Crippen molar-refractivity contribution in [1.82, 2.24) is 14.6 Å². The van der Waals surface area contributed by atoms with Crippen LogP contribution in [0.4, 0.5) is 15.9 Å². The summed E-state index contributed by atoms with van der Waals surface area (Å²) in [6, 6.07) is 5.75. The van der Waals surface area contributed by atoms with Gasteiger partial charge in [0.2, 0.25) is 0 Å². The van der Waals surface area contributed by atoms with E-state index in [1.165, 1.54) is 18.3 Å². The van der Waals surface area contributed by atoms with E-state index in [9.17, 15) is 9.18 Å². The van der Waals surface area contributed by atoms with E-state index in [2.05, 4.69) is 15.4 Å². The topological polar surface area (TPSA) is 115 Å². The van der Waals surface area contributed by atoms with Crippen LogP contribution in [0.1, 0.15) is 31.4 Å². The summed E-state index contributed by atoms with van der Waals surface area (Å²) in [6.45, 7) is 1.87. The van der Waals surface area contributed by atoms with Crippen LogP contribution in [0.5, 0.6) is 5.75 Å². The van der Waals surface area contributed by atoms with Gasteiger partial charge in [-0.1, -0.05) is 0 Å². The molecule has 1 aliphatic rings. The second-order valence-corrected chi connectivity index (χ2v) is 6.98. The van der Waals surface area contributed by atoms with Crippen LogP contribution in [0, 0.1) is 11.7 Å². The molecule has 2 heterocycles. The Bertz CT molecular complexity index is 1030. The Balaban J connectivity index is 1.52. The number of fused-ring (bicyclic) bond motifs is 1. The van der Waals surface area contributed by atoms with Gasteiger partial charge in [0.25, 0.3) is 0 Å². The molecule has 0 aliphatic heterocycles. The second kappa shape index (κ2) is 6.99. The van der Waals surface area contributed by atoms with E-state index in [1.807, 2.05) is 6.92 Å². The number of carboxylic acid groups (broad SMARTS) is 1. The molecule has 2 aromatic heterocycles. The quantitative estimate of drug-likeness (QED) is 0.598. The summed E-state index contributed by atoms with van der Waals surface area (Å²) >= 11 is 0. The monoisotopic (exact) mass is 385 g/mol. The Labute approximate surface area is 160 Å². The molecule has 0 saturated heterocycles. The van der Waals surface area contributed by atoms with Gasteiger partial charge in [0.1, 0.15) is 23.5 Å². The molecule has 9 heteroatoms. The van der Waals surface area contributed by atoms with Crippen LogP contribution >= 0.6 is 0 Å². The van der Waals surface area contributed by atoms with Crippen LogP contribution in [0.15, 0.2) is 36.7 Å². The van der Waals surface area contributed by atoms with Crippen molar-refractivity contribution in [2.75, 3.05) is 11.1 Å². The summed E-state index contributed by atoms with van der Waals surface area (Å²) in [5.41, 5.74) is 7.47. The Morgan fingerprint density at radius 1 is 1.43 bits per heavy atom. The van der Waals surface area contributed by atoms with E-state index in [-0.39, 0.29) is 23.9 Å². The van der Waals surface area contributed by atoms with E-state index >= 15 is 0 Å². The molecule has 1 aliphatic carbocycles. The number of hydrogen-bond acceptors (Lipinski definition) is 6. The fourth-order valence-electron chi connectivity index (χ4n) is 3.27. The number of aliphatic carboxylic acids is 1. The van der Waals surface area contributed by atoms with E-state index < -0.39 is 5.97 Å². The predicted octanol–water partition coefficient (Wildman–Crippen LogP) is 2.87. The number of ether oxygens (including phenoxy) is 1. The molecule has 4 rings (SSSR count). The average molecular weight is 385 g/mol. The molecule has 1 fully saturated rings. The number of nitrogens with two attached hydrogens (primary N) is 1. The lowest BCUT2D eigenvalue weighted by Crippen LogP contribution is -2.38. The Morgan fingerprint density at radius 3 is 2.96 bits per heavy atom. The standard InChI is InChI=1S/C19H20FN5O3/c1-10(23-17-4-5-25-18(24-17)15(21)9-22-25)14-8-12(20)2-3-16(14)28-13-6-11(7-13)19(26)27/h2-5,8-11,13H,6-7,21H2,1H3,(H,23,24)(H,26,27)/t10-,11?,13?/m0/s1. The van der Waals surface area contributed by atoms with Gasteiger partial charge in [-0.2, -0.15) is 5.10 Å². The highest BCUT2D eigenvalue weighted by Crippen LogP contribution is 2.35. The van der Waals surface area contributed by atoms with Crippen molar-refractivity contribution < 1.29 is 19.0 Å². The smallest absolute Gasteiger partial charge is 0.306 e. The van der Waals surface area contributed by atoms with Crippen LogP contribution in [-0.2, 0) is 4.79 Å². The van der Waals surface area contributed by atoms with E-state index in [0.29, 0.717) is 41.3 Å². The first-order chi connectivity index (χ1) is 13.4. The number of carbonyl (C=O) groups is 1. The van der Waals surface area contributed by atoms with Gasteiger partial charge in [-0.15, -0.1) is 0 Å². The van der Waals surface area contributed by atoms with Crippen molar-refractivity contribution >= 4 is 23.1 Å². The van der Waals surface area contributed by atoms with Crippen molar-refractivity contribution in [3.05, 3.63) is 48.0 Å². The first-order valence-corrected chi connectivity index (χ1v) is 8.96. The lowest BCUT2D eigenvalue weighted by molar-refractivity contribution is -0.147. The van der Waals surface area contributed by atoms with Crippen molar-refractivity contribution in [3.8, 4) is 5.75 Å². The number of nitrogens with zero attached hydrogens (tertiary/aromatic N) is 3. The molecule has 146 valence electrons. The number of rotatable bonds is 6. The highest BCUT2D eigenvalue weighted by Gasteiger charge is 2.36. The molecular weight excluding hydrogens is 365 g/mol. The minimum absolute atomic E-state index is 0.182. The van der Waals surface area contributed by atoms with E-state index in [0.717, 1.165) is 0 Å². The highest BCUT2D eigenvalue weighted by atomic mass is 19.1. The molecule has 1 aromatic carbocycles. The summed E-state index contributed by atoms with van der Waals surface area (Å²) in [5.74, 6) is -0.468. The fourth-order valence-corrected chi connectivity index (χ4v) is 3.27. The highest BCUT2D eigenvalue weighted by molar-refractivity contribution is 5.71. The lowest BCUT2D eigenvalue weighted by Gasteiger charge is -2.33. The second-order valence-electron chi connectivity index (χ2n) is 6.98. The molecule has 0 spiro atoms. The Morgan fingerprint density at radius 2 is 2.21 bits per heavy atom. The van der Waals surface area contributed by atoms with Gasteiger partial charge in [0.05, 0.1) is 23.8 Å². The van der Waals surface area contributed by atoms with Crippen LogP contribution in [0.3, 0.4) is 0 Å². The number of nitrogen functional groups attached to an aromatic ring is 1. The van der Waals surface area contributed by atoms with E-state index in [4.69, 9.17) is 15.6 Å². The number of aromatic nitrogens is 3. The van der Waals surface area contributed by atoms with Gasteiger partial charge in [0.15, 0.2) is 5.65 Å². The van der Waals surface area contributed by atoms with Gasteiger partial charge in [-0.25, -0.2) is 13.9 Å². The largest absolute Gasteiger partial charge is 0.490 e. The minimum atomic E-state index is -0.810. The molecule has 8 nitrogen and oxygen atoms in total. The Kier molecular flexibility index (Phi) is 4.50. The van der Waals surface area contributed by atoms with E-state index in [1.54, 1.807) is 22.8 Å². The van der Waals surface area contributed by atoms with Crippen LogP contribution in [0.25, 0.3) is 5.65 Å². The molecule has 3 aromatic rings. The first-order valence-electron chi connectivity index (χ1n) is 8.96. The average Bonchev–Trinajstić information content (AvgIpc) is 2.99. The summed E-state index contributed by atoms with van der Waals surface area (Å²) in [5, 5.41) is 16.3. The van der Waals surface area contributed by atoms with Crippen LogP contribution in [0.2, 0.25) is 0 Å². The summed E-state index contributed by atoms with van der Waals surface area (Å²) < 4.78 is 21.4. The molecule has 0 amide bonds. The molecule has 4 N–H and O–H groups in total. The van der Waals surface area contributed by atoms with Crippen molar-refractivity contribution in [3.63, 3.8) is 0 Å². The lowest BCUT2D eigenvalue weighted by atomic mass is 9.82. The van der Waals surface area contributed by atoms with Crippen LogP contribution in [-0.4, -0.2) is 31.8 Å². The maximum absolute atomic E-state index is 13.9. The minimum Gasteiger partial charge on any atom is -0.490 e. The van der Waals surface area contributed by atoms with Gasteiger partial charge in [-0.05, 0) is 44.0 Å². The summed E-state index contributed by atoms with van der Waals surface area (Å²) in [6.07, 6.45) is 3.98. The zero-order chi connectivity index (χ0) is 19.8. The SMILES string of the molecule is C[C@H](Nc1ccn2ncc(N)c2n1)c1cc(F)ccc1OC1CC(C(=O)O)C1. The predicted molar refractivity (Wildman–Crippen MR) is 101 cm³/mol. The molecule has 0 radical (unpaired) electrons. The van der Waals surface area contributed by atoms with Gasteiger partial charge >= 0.3 is 5.97 Å². The number of benzene rings is 1. The number of carboxylic acids is 1. The first kappa shape index (κ1) is 18.0. The van der Waals surface area contributed by atoms with Gasteiger partial charge in [0, 0.05) is 11.8 Å². The number of anilines is 2. The third-order valence-corrected chi connectivity index (χ3v) is 4.94. The number of nitrogens with one attached hydrogen (secondary N) is 1. The van der Waals surface area contributed by atoms with Crippen molar-refractivity contribution in [1.29, 1.82) is 0 Å². The molecule has 0 bridgehead atoms. The third-order valence-electron chi connectivity index (χ3n) is 4.94. The molecule has 0 unspecified atom stereocenters. The maximum Gasteiger partial charge on any atom is 0.306 e. The van der Waals surface area contributed by atoms with Crippen molar-refractivity contribution in [2.24, 2.45) is 5.92 Å². The normalized spacial score (nSPS) is 19.8. The van der Waals surface area contributed by atoms with Crippen LogP contribution < -0.4 is 15.8 Å². The van der Waals surface area contributed by atoms with Gasteiger partial charge in [-0.3, -0.25) is 4.79 Å². The molecular formula is C19H20FN5O3. The number of halogens is 1. The molecule has 28 heavy (non-hydrogen) atoms.